The summed E-state index contributed by atoms with van der Waals surface area (Å²) in [5.41, 5.74) is 11.5. The van der Waals surface area contributed by atoms with Crippen LogP contribution < -0.4 is 4.90 Å². The minimum absolute atomic E-state index is 1.10. The van der Waals surface area contributed by atoms with Crippen LogP contribution in [0.4, 0.5) is 17.1 Å². The highest BCUT2D eigenvalue weighted by Crippen LogP contribution is 2.50. The summed E-state index contributed by atoms with van der Waals surface area (Å²) in [4.78, 5) is 2.52. The topological polar surface area (TPSA) is 8.17 Å². The number of hydrogen-bond donors (Lipinski definition) is 0. The SMILES string of the molecule is c1ccc(-c2cccc(N(c3ccc4sc5ccccc5c4c3)c3ccccc3-n3c4ccccc4c4ccccc43)c2-c2ccc3sc4c5ccccc5ccc4c3c2)cc1. The summed E-state index contributed by atoms with van der Waals surface area (Å²) in [5, 5.41) is 10.2. The van der Waals surface area contributed by atoms with E-state index in [-0.39, 0.29) is 0 Å². The van der Waals surface area contributed by atoms with Crippen molar-refractivity contribution in [3.05, 3.63) is 218 Å². The molecule has 13 rings (SSSR count). The van der Waals surface area contributed by atoms with E-state index in [1.165, 1.54) is 95.2 Å². The van der Waals surface area contributed by atoms with Crippen molar-refractivity contribution in [2.24, 2.45) is 0 Å². The van der Waals surface area contributed by atoms with Gasteiger partial charge in [0.25, 0.3) is 0 Å². The molecule has 0 atom stereocenters. The summed E-state index contributed by atoms with van der Waals surface area (Å²) in [5.74, 6) is 0. The highest BCUT2D eigenvalue weighted by molar-refractivity contribution is 7.26. The van der Waals surface area contributed by atoms with Gasteiger partial charge in [-0.15, -0.1) is 22.7 Å². The normalized spacial score (nSPS) is 11.9. The third kappa shape index (κ3) is 5.41. The fraction of sp³-hybridized carbons (Fsp3) is 0. The standard InChI is InChI=1S/C58H36N2S2/c1-2-15-37(16-3-1)41-22-14-27-53(57(41)39-30-33-56-47(35-39)46-32-29-38-17-4-5-18-42(38)58(46)62-56)59(40-31-34-55-48(36-40)45-21-8-13-28-54(45)61-55)51-25-11-12-26-52(51)60-49-23-9-6-19-43(49)44-20-7-10-24-50(44)60/h1-36H. The van der Waals surface area contributed by atoms with E-state index in [4.69, 9.17) is 0 Å². The molecular formula is C58H36N2S2. The minimum atomic E-state index is 1.10. The van der Waals surface area contributed by atoms with E-state index in [0.29, 0.717) is 0 Å². The van der Waals surface area contributed by atoms with Crippen LogP contribution in [0.1, 0.15) is 0 Å². The molecule has 0 fully saturated rings. The molecule has 0 spiro atoms. The lowest BCUT2D eigenvalue weighted by atomic mass is 9.91. The lowest BCUT2D eigenvalue weighted by molar-refractivity contribution is 1.15. The molecule has 0 saturated heterocycles. The smallest absolute Gasteiger partial charge is 0.0702 e. The molecule has 0 amide bonds. The second kappa shape index (κ2) is 14.0. The summed E-state index contributed by atoms with van der Waals surface area (Å²) in [6.45, 7) is 0. The molecule has 0 N–H and O–H groups in total. The van der Waals surface area contributed by atoms with E-state index < -0.39 is 0 Å². The zero-order chi connectivity index (χ0) is 40.7. The molecule has 10 aromatic carbocycles. The van der Waals surface area contributed by atoms with Gasteiger partial charge in [-0.3, -0.25) is 0 Å². The van der Waals surface area contributed by atoms with Gasteiger partial charge in [-0.1, -0.05) is 152 Å². The summed E-state index contributed by atoms with van der Waals surface area (Å²) >= 11 is 3.75. The Balaban J connectivity index is 1.14. The third-order valence-corrected chi connectivity index (χ3v) is 15.0. The van der Waals surface area contributed by atoms with Gasteiger partial charge in [-0.2, -0.15) is 0 Å². The number of nitrogens with zero attached hydrogens (tertiary/aromatic N) is 2. The van der Waals surface area contributed by atoms with Crippen molar-refractivity contribution in [1.82, 2.24) is 4.57 Å². The predicted molar refractivity (Wildman–Crippen MR) is 270 cm³/mol. The van der Waals surface area contributed by atoms with E-state index in [2.05, 4.69) is 228 Å². The first-order chi connectivity index (χ1) is 30.8. The molecule has 0 radical (unpaired) electrons. The van der Waals surface area contributed by atoms with Gasteiger partial charge < -0.3 is 9.47 Å². The summed E-state index contributed by atoms with van der Waals surface area (Å²) < 4.78 is 7.67. The Morgan fingerprint density at radius 1 is 0.355 bits per heavy atom. The Labute approximate surface area is 366 Å². The van der Waals surface area contributed by atoms with Crippen molar-refractivity contribution in [3.8, 4) is 27.9 Å². The first-order valence-corrected chi connectivity index (χ1v) is 22.7. The lowest BCUT2D eigenvalue weighted by Gasteiger charge is -2.31. The number of aromatic nitrogens is 1. The van der Waals surface area contributed by atoms with E-state index in [9.17, 15) is 0 Å². The van der Waals surface area contributed by atoms with Crippen LogP contribution in [0.15, 0.2) is 218 Å². The van der Waals surface area contributed by atoms with Crippen LogP contribution in [0.5, 0.6) is 0 Å². The van der Waals surface area contributed by atoms with Gasteiger partial charge in [0.05, 0.1) is 28.1 Å². The van der Waals surface area contributed by atoms with E-state index in [1.54, 1.807) is 0 Å². The number of rotatable bonds is 6. The second-order valence-corrected chi connectivity index (χ2v) is 18.2. The van der Waals surface area contributed by atoms with E-state index >= 15 is 0 Å². The molecule has 62 heavy (non-hydrogen) atoms. The Bertz CT molecular complexity index is 3840. The van der Waals surface area contributed by atoms with Crippen LogP contribution in [0.3, 0.4) is 0 Å². The molecule has 4 heteroatoms. The van der Waals surface area contributed by atoms with Crippen molar-refractivity contribution in [2.45, 2.75) is 0 Å². The molecule has 3 aromatic heterocycles. The molecule has 13 aromatic rings. The maximum atomic E-state index is 2.52. The monoisotopic (exact) mass is 824 g/mol. The zero-order valence-corrected chi connectivity index (χ0v) is 35.1. The van der Waals surface area contributed by atoms with Gasteiger partial charge in [0, 0.05) is 62.4 Å². The van der Waals surface area contributed by atoms with Crippen LogP contribution >= 0.6 is 22.7 Å². The predicted octanol–water partition coefficient (Wildman–Crippen LogP) is 17.5. The molecule has 0 bridgehead atoms. The Morgan fingerprint density at radius 3 is 1.82 bits per heavy atom. The minimum Gasteiger partial charge on any atom is -0.308 e. The lowest BCUT2D eigenvalue weighted by Crippen LogP contribution is -2.14. The quantitative estimate of drug-likeness (QED) is 0.162. The van der Waals surface area contributed by atoms with E-state index in [1.807, 2.05) is 22.7 Å². The Morgan fingerprint density at radius 2 is 0.984 bits per heavy atom. The summed E-state index contributed by atoms with van der Waals surface area (Å²) in [6, 6.07) is 80.7. The van der Waals surface area contributed by atoms with Crippen LogP contribution in [0.2, 0.25) is 0 Å². The Kier molecular flexibility index (Phi) is 7.99. The molecule has 290 valence electrons. The molecule has 3 heterocycles. The molecule has 0 aliphatic heterocycles. The van der Waals surface area contributed by atoms with Crippen LogP contribution in [0.25, 0.3) is 101 Å². The summed E-state index contributed by atoms with van der Waals surface area (Å²) in [7, 11) is 0. The van der Waals surface area contributed by atoms with Gasteiger partial charge in [0.2, 0.25) is 0 Å². The van der Waals surface area contributed by atoms with Crippen molar-refractivity contribution in [3.63, 3.8) is 0 Å². The van der Waals surface area contributed by atoms with Crippen molar-refractivity contribution in [2.75, 3.05) is 4.90 Å². The average Bonchev–Trinajstić information content (AvgIpc) is 4.01. The molecule has 0 aliphatic rings. The molecular weight excluding hydrogens is 789 g/mol. The van der Waals surface area contributed by atoms with Crippen molar-refractivity contribution >= 4 is 113 Å². The van der Waals surface area contributed by atoms with Gasteiger partial charge >= 0.3 is 0 Å². The number of para-hydroxylation sites is 4. The van der Waals surface area contributed by atoms with E-state index in [0.717, 1.165) is 22.7 Å². The highest BCUT2D eigenvalue weighted by Gasteiger charge is 2.25. The molecule has 2 nitrogen and oxygen atoms in total. The summed E-state index contributed by atoms with van der Waals surface area (Å²) in [6.07, 6.45) is 0. The molecule has 0 unspecified atom stereocenters. The largest absolute Gasteiger partial charge is 0.308 e. The molecule has 0 saturated carbocycles. The first kappa shape index (κ1) is 35.3. The van der Waals surface area contributed by atoms with Gasteiger partial charge in [-0.25, -0.2) is 0 Å². The zero-order valence-electron chi connectivity index (χ0n) is 33.5. The van der Waals surface area contributed by atoms with Gasteiger partial charge in [0.15, 0.2) is 0 Å². The number of anilines is 3. The van der Waals surface area contributed by atoms with Crippen LogP contribution in [-0.2, 0) is 0 Å². The number of thiophene rings is 2. The fourth-order valence-corrected chi connectivity index (χ4v) is 12.1. The number of hydrogen-bond acceptors (Lipinski definition) is 3. The fourth-order valence-electron chi connectivity index (χ4n) is 9.83. The first-order valence-electron chi connectivity index (χ1n) is 21.1. The number of fused-ring (bicyclic) bond motifs is 11. The van der Waals surface area contributed by atoms with Crippen LogP contribution in [-0.4, -0.2) is 4.57 Å². The maximum Gasteiger partial charge on any atom is 0.0702 e. The van der Waals surface area contributed by atoms with Crippen molar-refractivity contribution in [1.29, 1.82) is 0 Å². The maximum absolute atomic E-state index is 2.52. The van der Waals surface area contributed by atoms with Gasteiger partial charge in [-0.05, 0) is 94.2 Å². The van der Waals surface area contributed by atoms with Gasteiger partial charge in [0.1, 0.15) is 0 Å². The van der Waals surface area contributed by atoms with Crippen molar-refractivity contribution < 1.29 is 0 Å². The Hall–Kier alpha value is -7.50. The number of benzene rings is 10. The molecule has 0 aliphatic carbocycles. The average molecular weight is 825 g/mol. The highest BCUT2D eigenvalue weighted by atomic mass is 32.1. The second-order valence-electron chi connectivity index (χ2n) is 16.0. The van der Waals surface area contributed by atoms with Crippen LogP contribution in [0, 0.1) is 0 Å². The third-order valence-electron chi connectivity index (χ3n) is 12.6.